The second kappa shape index (κ2) is 8.60. The zero-order valence-corrected chi connectivity index (χ0v) is 16.1. The number of nitrogens with zero attached hydrogens (tertiary/aromatic N) is 1. The fourth-order valence-electron chi connectivity index (χ4n) is 3.20. The molecule has 0 unspecified atom stereocenters. The number of hydrogen-bond donors (Lipinski definition) is 2. The van der Waals surface area contributed by atoms with Crippen molar-refractivity contribution in [1.29, 1.82) is 0 Å². The molecule has 1 aliphatic rings. The molecule has 3 aromatic rings. The van der Waals surface area contributed by atoms with E-state index >= 15 is 0 Å². The number of amides is 1. The molecule has 1 aromatic heterocycles. The van der Waals surface area contributed by atoms with Crippen LogP contribution in [0.3, 0.4) is 0 Å². The van der Waals surface area contributed by atoms with E-state index in [9.17, 15) is 9.18 Å². The summed E-state index contributed by atoms with van der Waals surface area (Å²) in [6.07, 6.45) is 0. The number of ether oxygens (including phenoxy) is 1. The monoisotopic (exact) mass is 398 g/mol. The Bertz CT molecular complexity index is 970. The van der Waals surface area contributed by atoms with Crippen LogP contribution in [-0.2, 0) is 9.53 Å². The quantitative estimate of drug-likeness (QED) is 0.694. The normalized spacial score (nSPS) is 14.8. The van der Waals surface area contributed by atoms with E-state index in [1.165, 1.54) is 22.3 Å². The number of carbonyl (C=O) groups excluding carboxylic acids is 1. The lowest BCUT2D eigenvalue weighted by Crippen LogP contribution is -3.15. The molecule has 0 bridgehead atoms. The Morgan fingerprint density at radius 1 is 1.18 bits per heavy atom. The van der Waals surface area contributed by atoms with Crippen LogP contribution in [0.25, 0.3) is 21.8 Å². The van der Waals surface area contributed by atoms with Crippen molar-refractivity contribution in [1.82, 2.24) is 4.98 Å². The average molecular weight is 398 g/mol. The topological polar surface area (TPSA) is 55.7 Å². The zero-order valence-electron chi connectivity index (χ0n) is 15.3. The smallest absolute Gasteiger partial charge is 0.279 e. The van der Waals surface area contributed by atoms with Gasteiger partial charge in [0.05, 0.1) is 18.9 Å². The summed E-state index contributed by atoms with van der Waals surface area (Å²) < 4.78 is 19.3. The largest absolute Gasteiger partial charge is 0.370 e. The highest BCUT2D eigenvalue weighted by molar-refractivity contribution is 7.13. The van der Waals surface area contributed by atoms with Crippen LogP contribution in [0, 0.1) is 5.82 Å². The van der Waals surface area contributed by atoms with Crippen LogP contribution in [0.2, 0.25) is 0 Å². The minimum Gasteiger partial charge on any atom is -0.370 e. The number of halogens is 1. The summed E-state index contributed by atoms with van der Waals surface area (Å²) in [5, 5.41) is 5.60. The highest BCUT2D eigenvalue weighted by Crippen LogP contribution is 2.31. The molecule has 0 spiro atoms. The first-order valence-corrected chi connectivity index (χ1v) is 10.1. The fraction of sp³-hybridized carbons (Fsp3) is 0.238. The van der Waals surface area contributed by atoms with Gasteiger partial charge in [-0.1, -0.05) is 24.3 Å². The SMILES string of the molecule is O=C(C[NH+]1CCOCC1)Nc1cccc(-c2nc(-c3ccccc3F)cs2)c1. The average Bonchev–Trinajstić information content (AvgIpc) is 3.19. The van der Waals surface area contributed by atoms with E-state index in [1.807, 2.05) is 29.6 Å². The molecule has 5 nitrogen and oxygen atoms in total. The molecule has 2 heterocycles. The van der Waals surface area contributed by atoms with E-state index in [2.05, 4.69) is 10.3 Å². The first-order valence-electron chi connectivity index (χ1n) is 9.21. The molecule has 2 N–H and O–H groups in total. The fourth-order valence-corrected chi connectivity index (χ4v) is 4.02. The highest BCUT2D eigenvalue weighted by atomic mass is 32.1. The lowest BCUT2D eigenvalue weighted by Gasteiger charge is -2.23. The Labute approximate surface area is 166 Å². The van der Waals surface area contributed by atoms with E-state index in [1.54, 1.807) is 18.2 Å². The molecular weight excluding hydrogens is 377 g/mol. The molecule has 1 amide bonds. The van der Waals surface area contributed by atoms with Crippen molar-refractivity contribution in [3.8, 4) is 21.8 Å². The minimum atomic E-state index is -0.286. The molecule has 0 saturated carbocycles. The number of quaternary nitrogens is 1. The Morgan fingerprint density at radius 2 is 2.00 bits per heavy atom. The summed E-state index contributed by atoms with van der Waals surface area (Å²) in [5.41, 5.74) is 2.73. The van der Waals surface area contributed by atoms with E-state index < -0.39 is 0 Å². The molecule has 0 aliphatic carbocycles. The van der Waals surface area contributed by atoms with Gasteiger partial charge >= 0.3 is 0 Å². The maximum absolute atomic E-state index is 14.0. The van der Waals surface area contributed by atoms with Gasteiger partial charge in [-0.3, -0.25) is 4.79 Å². The summed E-state index contributed by atoms with van der Waals surface area (Å²) in [6.45, 7) is 3.54. The highest BCUT2D eigenvalue weighted by Gasteiger charge is 2.18. The van der Waals surface area contributed by atoms with Crippen molar-refractivity contribution < 1.29 is 18.8 Å². The predicted octanol–water partition coefficient (Wildman–Crippen LogP) is 2.47. The zero-order chi connectivity index (χ0) is 19.3. The number of morpholine rings is 1. The van der Waals surface area contributed by atoms with Crippen LogP contribution in [0.4, 0.5) is 10.1 Å². The van der Waals surface area contributed by atoms with Crippen LogP contribution in [0.1, 0.15) is 0 Å². The van der Waals surface area contributed by atoms with Crippen molar-refractivity contribution >= 4 is 22.9 Å². The van der Waals surface area contributed by atoms with Gasteiger partial charge in [0, 0.05) is 22.2 Å². The molecule has 1 aliphatic heterocycles. The van der Waals surface area contributed by atoms with Crippen LogP contribution in [-0.4, -0.2) is 43.7 Å². The van der Waals surface area contributed by atoms with Gasteiger partial charge < -0.3 is 15.0 Å². The van der Waals surface area contributed by atoms with Crippen LogP contribution < -0.4 is 10.2 Å². The maximum Gasteiger partial charge on any atom is 0.279 e. The van der Waals surface area contributed by atoms with Gasteiger partial charge in [0.15, 0.2) is 6.54 Å². The van der Waals surface area contributed by atoms with Crippen molar-refractivity contribution in [2.24, 2.45) is 0 Å². The first kappa shape index (κ1) is 18.7. The van der Waals surface area contributed by atoms with Gasteiger partial charge in [0.2, 0.25) is 0 Å². The van der Waals surface area contributed by atoms with E-state index in [0.29, 0.717) is 31.0 Å². The van der Waals surface area contributed by atoms with Gasteiger partial charge in [0.1, 0.15) is 23.9 Å². The van der Waals surface area contributed by atoms with E-state index in [4.69, 9.17) is 4.74 Å². The van der Waals surface area contributed by atoms with Gasteiger partial charge in [-0.05, 0) is 24.3 Å². The lowest BCUT2D eigenvalue weighted by molar-refractivity contribution is -0.899. The number of carbonyl (C=O) groups is 1. The molecule has 0 atom stereocenters. The summed E-state index contributed by atoms with van der Waals surface area (Å²) in [7, 11) is 0. The maximum atomic E-state index is 14.0. The summed E-state index contributed by atoms with van der Waals surface area (Å²) in [6, 6.07) is 14.2. The molecule has 4 rings (SSSR count). The molecule has 1 fully saturated rings. The first-order chi connectivity index (χ1) is 13.7. The van der Waals surface area contributed by atoms with Crippen molar-refractivity contribution in [2.75, 3.05) is 38.2 Å². The molecule has 7 heteroatoms. The minimum absolute atomic E-state index is 0.0137. The van der Waals surface area contributed by atoms with Crippen molar-refractivity contribution in [3.05, 3.63) is 59.7 Å². The number of nitrogens with one attached hydrogen (secondary N) is 2. The Balaban J connectivity index is 1.47. The standard InChI is InChI=1S/C21H20FN3O2S/c22-18-7-2-1-6-17(18)19-14-28-21(24-19)15-4-3-5-16(12-15)23-20(26)13-25-8-10-27-11-9-25/h1-7,12,14H,8-11,13H2,(H,23,26)/p+1. The lowest BCUT2D eigenvalue weighted by atomic mass is 10.1. The third kappa shape index (κ3) is 4.44. The second-order valence-corrected chi connectivity index (χ2v) is 7.54. The molecular formula is C21H21FN3O2S+. The van der Waals surface area contributed by atoms with Gasteiger partial charge in [-0.15, -0.1) is 11.3 Å². The summed E-state index contributed by atoms with van der Waals surface area (Å²) in [4.78, 5) is 18.1. The number of hydrogen-bond acceptors (Lipinski definition) is 4. The third-order valence-corrected chi connectivity index (χ3v) is 5.55. The van der Waals surface area contributed by atoms with Crippen LogP contribution in [0.5, 0.6) is 0 Å². The van der Waals surface area contributed by atoms with E-state index in [-0.39, 0.29) is 11.7 Å². The number of thiazole rings is 1. The van der Waals surface area contributed by atoms with Gasteiger partial charge in [-0.25, -0.2) is 9.37 Å². The number of benzene rings is 2. The Morgan fingerprint density at radius 3 is 2.82 bits per heavy atom. The van der Waals surface area contributed by atoms with Crippen LogP contribution >= 0.6 is 11.3 Å². The molecule has 28 heavy (non-hydrogen) atoms. The predicted molar refractivity (Wildman–Crippen MR) is 108 cm³/mol. The Kier molecular flexibility index (Phi) is 5.76. The summed E-state index contributed by atoms with van der Waals surface area (Å²) >= 11 is 1.45. The van der Waals surface area contributed by atoms with Crippen molar-refractivity contribution in [2.45, 2.75) is 0 Å². The van der Waals surface area contributed by atoms with Crippen molar-refractivity contribution in [3.63, 3.8) is 0 Å². The molecule has 0 radical (unpaired) electrons. The third-order valence-electron chi connectivity index (χ3n) is 4.66. The molecule has 1 saturated heterocycles. The number of anilines is 1. The number of aromatic nitrogens is 1. The summed E-state index contributed by atoms with van der Waals surface area (Å²) in [5.74, 6) is -0.300. The second-order valence-electron chi connectivity index (χ2n) is 6.69. The number of rotatable bonds is 5. The van der Waals surface area contributed by atoms with Gasteiger partial charge in [-0.2, -0.15) is 0 Å². The van der Waals surface area contributed by atoms with Gasteiger partial charge in [0.25, 0.3) is 5.91 Å². The molecule has 144 valence electrons. The van der Waals surface area contributed by atoms with E-state index in [0.717, 1.165) is 29.3 Å². The Hall–Kier alpha value is -2.61. The molecule has 2 aromatic carbocycles. The van der Waals surface area contributed by atoms with Crippen LogP contribution in [0.15, 0.2) is 53.9 Å².